The zero-order valence-electron chi connectivity index (χ0n) is 9.30. The SMILES string of the molecule is CCCc1ccc(C#CC(C)C)cc1. The van der Waals surface area contributed by atoms with Crippen LogP contribution in [0.1, 0.15) is 38.3 Å². The Morgan fingerprint density at radius 3 is 2.29 bits per heavy atom. The van der Waals surface area contributed by atoms with Gasteiger partial charge in [0.1, 0.15) is 0 Å². The van der Waals surface area contributed by atoms with Crippen molar-refractivity contribution in [2.24, 2.45) is 5.92 Å². The molecule has 0 aromatic heterocycles. The molecule has 1 aromatic rings. The van der Waals surface area contributed by atoms with Gasteiger partial charge in [0, 0.05) is 11.5 Å². The van der Waals surface area contributed by atoms with Gasteiger partial charge < -0.3 is 0 Å². The van der Waals surface area contributed by atoms with Crippen LogP contribution >= 0.6 is 0 Å². The van der Waals surface area contributed by atoms with E-state index in [0.29, 0.717) is 5.92 Å². The summed E-state index contributed by atoms with van der Waals surface area (Å²) in [5, 5.41) is 0. The van der Waals surface area contributed by atoms with Crippen molar-refractivity contribution in [2.75, 3.05) is 0 Å². The first-order chi connectivity index (χ1) is 6.72. The third-order valence-corrected chi connectivity index (χ3v) is 2.00. The molecule has 0 spiro atoms. The Hall–Kier alpha value is -1.22. The summed E-state index contributed by atoms with van der Waals surface area (Å²) in [6.07, 6.45) is 2.37. The second kappa shape index (κ2) is 5.50. The molecule has 1 aromatic carbocycles. The molecule has 0 fully saturated rings. The quantitative estimate of drug-likeness (QED) is 0.618. The monoisotopic (exact) mass is 186 g/mol. The first-order valence-corrected chi connectivity index (χ1v) is 5.33. The summed E-state index contributed by atoms with van der Waals surface area (Å²) < 4.78 is 0. The minimum Gasteiger partial charge on any atom is -0.0951 e. The Morgan fingerprint density at radius 2 is 1.79 bits per heavy atom. The highest BCUT2D eigenvalue weighted by Gasteiger charge is 1.91. The van der Waals surface area contributed by atoms with Crippen LogP contribution < -0.4 is 0 Å². The Morgan fingerprint density at radius 1 is 1.14 bits per heavy atom. The molecule has 0 bridgehead atoms. The fraction of sp³-hybridized carbons (Fsp3) is 0.429. The van der Waals surface area contributed by atoms with Crippen LogP contribution in [0, 0.1) is 17.8 Å². The predicted molar refractivity (Wildman–Crippen MR) is 62.2 cm³/mol. The summed E-state index contributed by atoms with van der Waals surface area (Å²) in [6, 6.07) is 8.57. The average molecular weight is 186 g/mol. The predicted octanol–water partition coefficient (Wildman–Crippen LogP) is 3.65. The highest BCUT2D eigenvalue weighted by atomic mass is 14.0. The molecule has 0 radical (unpaired) electrons. The second-order valence-electron chi connectivity index (χ2n) is 3.87. The van der Waals surface area contributed by atoms with Crippen LogP contribution in [0.2, 0.25) is 0 Å². The van der Waals surface area contributed by atoms with E-state index >= 15 is 0 Å². The van der Waals surface area contributed by atoms with Gasteiger partial charge in [0.25, 0.3) is 0 Å². The van der Waals surface area contributed by atoms with Gasteiger partial charge in [-0.2, -0.15) is 0 Å². The van der Waals surface area contributed by atoms with E-state index in [9.17, 15) is 0 Å². The van der Waals surface area contributed by atoms with Crippen molar-refractivity contribution in [3.8, 4) is 11.8 Å². The van der Waals surface area contributed by atoms with E-state index in [4.69, 9.17) is 0 Å². The van der Waals surface area contributed by atoms with Crippen LogP contribution in [-0.2, 0) is 6.42 Å². The van der Waals surface area contributed by atoms with Crippen molar-refractivity contribution in [3.63, 3.8) is 0 Å². The summed E-state index contributed by atoms with van der Waals surface area (Å²) in [5.41, 5.74) is 2.53. The van der Waals surface area contributed by atoms with Gasteiger partial charge in [-0.25, -0.2) is 0 Å². The molecule has 0 nitrogen and oxygen atoms in total. The molecule has 0 heterocycles. The number of hydrogen-bond donors (Lipinski definition) is 0. The minimum absolute atomic E-state index is 0.449. The lowest BCUT2D eigenvalue weighted by Gasteiger charge is -1.97. The molecule has 0 aliphatic rings. The fourth-order valence-electron chi connectivity index (χ4n) is 1.27. The lowest BCUT2D eigenvalue weighted by atomic mass is 10.1. The molecule has 0 heteroatoms. The van der Waals surface area contributed by atoms with Gasteiger partial charge in [-0.15, -0.1) is 0 Å². The lowest BCUT2D eigenvalue weighted by Crippen LogP contribution is -1.84. The van der Waals surface area contributed by atoms with Crippen LogP contribution in [0.3, 0.4) is 0 Å². The standard InChI is InChI=1S/C14H18/c1-4-5-13-8-10-14(11-9-13)7-6-12(2)3/h8-12H,4-5H2,1-3H3. The maximum atomic E-state index is 3.16. The number of aryl methyl sites for hydroxylation is 1. The summed E-state index contributed by atoms with van der Waals surface area (Å²) >= 11 is 0. The first-order valence-electron chi connectivity index (χ1n) is 5.33. The third-order valence-electron chi connectivity index (χ3n) is 2.00. The molecular formula is C14H18. The van der Waals surface area contributed by atoms with Crippen LogP contribution in [0.25, 0.3) is 0 Å². The third kappa shape index (κ3) is 3.66. The van der Waals surface area contributed by atoms with E-state index in [1.807, 2.05) is 0 Å². The normalized spacial score (nSPS) is 9.71. The van der Waals surface area contributed by atoms with Crippen LogP contribution in [0.5, 0.6) is 0 Å². The van der Waals surface area contributed by atoms with E-state index in [0.717, 1.165) is 12.0 Å². The molecule has 0 saturated carbocycles. The molecule has 0 unspecified atom stereocenters. The molecule has 0 aliphatic carbocycles. The van der Waals surface area contributed by atoms with Gasteiger partial charge >= 0.3 is 0 Å². The molecular weight excluding hydrogens is 168 g/mol. The number of hydrogen-bond acceptors (Lipinski definition) is 0. The van der Waals surface area contributed by atoms with Crippen molar-refractivity contribution in [1.29, 1.82) is 0 Å². The van der Waals surface area contributed by atoms with E-state index in [-0.39, 0.29) is 0 Å². The number of rotatable bonds is 2. The largest absolute Gasteiger partial charge is 0.0951 e. The zero-order chi connectivity index (χ0) is 10.4. The van der Waals surface area contributed by atoms with Crippen LogP contribution in [0.15, 0.2) is 24.3 Å². The summed E-state index contributed by atoms with van der Waals surface area (Å²) in [6.45, 7) is 6.42. The van der Waals surface area contributed by atoms with E-state index in [1.54, 1.807) is 0 Å². The fourth-order valence-corrected chi connectivity index (χ4v) is 1.27. The molecule has 74 valence electrons. The highest BCUT2D eigenvalue weighted by molar-refractivity contribution is 5.36. The molecule has 0 saturated heterocycles. The van der Waals surface area contributed by atoms with Gasteiger partial charge in [-0.3, -0.25) is 0 Å². The van der Waals surface area contributed by atoms with Gasteiger partial charge in [0.2, 0.25) is 0 Å². The van der Waals surface area contributed by atoms with E-state index in [2.05, 4.69) is 56.9 Å². The molecule has 0 N–H and O–H groups in total. The summed E-state index contributed by atoms with van der Waals surface area (Å²) in [5.74, 6) is 6.78. The van der Waals surface area contributed by atoms with E-state index < -0.39 is 0 Å². The maximum absolute atomic E-state index is 3.16. The molecule has 14 heavy (non-hydrogen) atoms. The molecule has 0 atom stereocenters. The van der Waals surface area contributed by atoms with Crippen LogP contribution in [0.4, 0.5) is 0 Å². The van der Waals surface area contributed by atoms with Gasteiger partial charge in [0.05, 0.1) is 0 Å². The molecule has 0 amide bonds. The van der Waals surface area contributed by atoms with Gasteiger partial charge in [-0.05, 0) is 24.1 Å². The average Bonchev–Trinajstić information content (AvgIpc) is 2.17. The maximum Gasteiger partial charge on any atom is 0.0245 e. The summed E-state index contributed by atoms with van der Waals surface area (Å²) in [7, 11) is 0. The molecule has 0 aliphatic heterocycles. The van der Waals surface area contributed by atoms with Crippen molar-refractivity contribution in [3.05, 3.63) is 35.4 Å². The minimum atomic E-state index is 0.449. The highest BCUT2D eigenvalue weighted by Crippen LogP contribution is 2.05. The lowest BCUT2D eigenvalue weighted by molar-refractivity contribution is 0.866. The van der Waals surface area contributed by atoms with Crippen LogP contribution in [-0.4, -0.2) is 0 Å². The Kier molecular flexibility index (Phi) is 4.26. The van der Waals surface area contributed by atoms with Crippen molar-refractivity contribution >= 4 is 0 Å². The summed E-state index contributed by atoms with van der Waals surface area (Å²) in [4.78, 5) is 0. The van der Waals surface area contributed by atoms with Gasteiger partial charge in [-0.1, -0.05) is 51.2 Å². The number of benzene rings is 1. The van der Waals surface area contributed by atoms with E-state index in [1.165, 1.54) is 12.0 Å². The topological polar surface area (TPSA) is 0 Å². The van der Waals surface area contributed by atoms with Crippen molar-refractivity contribution < 1.29 is 0 Å². The smallest absolute Gasteiger partial charge is 0.0245 e. The first kappa shape index (κ1) is 10.9. The van der Waals surface area contributed by atoms with Gasteiger partial charge in [0.15, 0.2) is 0 Å². The second-order valence-corrected chi connectivity index (χ2v) is 3.87. The van der Waals surface area contributed by atoms with Crippen molar-refractivity contribution in [1.82, 2.24) is 0 Å². The Bertz CT molecular complexity index is 319. The Balaban J connectivity index is 2.70. The molecule has 1 rings (SSSR count). The Labute approximate surface area is 87.4 Å². The van der Waals surface area contributed by atoms with Crippen molar-refractivity contribution in [2.45, 2.75) is 33.6 Å². The zero-order valence-corrected chi connectivity index (χ0v) is 9.30.